The average Bonchev–Trinajstić information content (AvgIpc) is 2.15. The quantitative estimate of drug-likeness (QED) is 0.737. The fourth-order valence-corrected chi connectivity index (χ4v) is 1.21. The minimum absolute atomic E-state index is 0.286. The summed E-state index contributed by atoms with van der Waals surface area (Å²) in [6, 6.07) is 10.5. The van der Waals surface area contributed by atoms with Crippen molar-refractivity contribution in [2.24, 2.45) is 0 Å². The third-order valence-corrected chi connectivity index (χ3v) is 2.02. The Morgan fingerprint density at radius 1 is 1.23 bits per heavy atom. The van der Waals surface area contributed by atoms with Crippen LogP contribution in [-0.2, 0) is 0 Å². The zero-order chi connectivity index (χ0) is 9.68. The van der Waals surface area contributed by atoms with E-state index in [9.17, 15) is 0 Å². The molecule has 13 heavy (non-hydrogen) atoms. The van der Waals surface area contributed by atoms with Crippen molar-refractivity contribution >= 4 is 0 Å². The van der Waals surface area contributed by atoms with Gasteiger partial charge in [0.1, 0.15) is 0 Å². The lowest BCUT2D eigenvalue weighted by atomic mass is 10.1. The van der Waals surface area contributed by atoms with Crippen LogP contribution in [0.3, 0.4) is 0 Å². The van der Waals surface area contributed by atoms with Crippen LogP contribution in [0.4, 0.5) is 0 Å². The molecule has 1 aromatic carbocycles. The van der Waals surface area contributed by atoms with Gasteiger partial charge in [-0.1, -0.05) is 30.3 Å². The molecule has 72 valence electrons. The maximum atomic E-state index is 9.09. The Labute approximate surface area is 79.6 Å². The van der Waals surface area contributed by atoms with E-state index in [-0.39, 0.29) is 6.10 Å². The maximum absolute atomic E-state index is 9.09. The first kappa shape index (κ1) is 10.2. The van der Waals surface area contributed by atoms with Crippen molar-refractivity contribution in [3.05, 3.63) is 35.9 Å². The van der Waals surface area contributed by atoms with E-state index in [1.54, 1.807) is 6.92 Å². The molecule has 0 aliphatic rings. The Hall–Kier alpha value is -0.860. The Kier molecular flexibility index (Phi) is 3.93. The lowest BCUT2D eigenvalue weighted by molar-refractivity contribution is 0.187. The minimum Gasteiger partial charge on any atom is -0.392 e. The molecule has 0 fully saturated rings. The number of nitrogens with one attached hydrogen (secondary N) is 1. The van der Waals surface area contributed by atoms with Crippen LogP contribution in [0.1, 0.15) is 25.5 Å². The van der Waals surface area contributed by atoms with Crippen LogP contribution in [-0.4, -0.2) is 17.8 Å². The topological polar surface area (TPSA) is 32.3 Å². The molecule has 0 aliphatic heterocycles. The minimum atomic E-state index is -0.286. The predicted molar refractivity (Wildman–Crippen MR) is 54.5 cm³/mol. The lowest BCUT2D eigenvalue weighted by Crippen LogP contribution is -2.27. The third-order valence-electron chi connectivity index (χ3n) is 2.02. The Balaban J connectivity index is 2.44. The monoisotopic (exact) mass is 179 g/mol. The van der Waals surface area contributed by atoms with E-state index in [0.29, 0.717) is 12.6 Å². The summed E-state index contributed by atoms with van der Waals surface area (Å²) in [4.78, 5) is 0. The van der Waals surface area contributed by atoms with Gasteiger partial charge in [-0.3, -0.25) is 0 Å². The van der Waals surface area contributed by atoms with Gasteiger partial charge in [-0.2, -0.15) is 0 Å². The zero-order valence-corrected chi connectivity index (χ0v) is 8.20. The Morgan fingerprint density at radius 2 is 1.85 bits per heavy atom. The first-order valence-corrected chi connectivity index (χ1v) is 4.66. The van der Waals surface area contributed by atoms with Crippen LogP contribution in [0.2, 0.25) is 0 Å². The highest BCUT2D eigenvalue weighted by molar-refractivity contribution is 5.17. The summed E-state index contributed by atoms with van der Waals surface area (Å²) in [5.41, 5.74) is 1.25. The van der Waals surface area contributed by atoms with E-state index < -0.39 is 0 Å². The number of benzene rings is 1. The number of aliphatic hydroxyl groups is 1. The van der Waals surface area contributed by atoms with Crippen molar-refractivity contribution in [2.75, 3.05) is 6.54 Å². The number of hydrogen-bond acceptors (Lipinski definition) is 2. The van der Waals surface area contributed by atoms with Gasteiger partial charge < -0.3 is 10.4 Å². The van der Waals surface area contributed by atoms with Crippen molar-refractivity contribution in [1.82, 2.24) is 5.32 Å². The van der Waals surface area contributed by atoms with Gasteiger partial charge in [-0.05, 0) is 19.4 Å². The first-order chi connectivity index (χ1) is 6.20. The molecular weight excluding hydrogens is 162 g/mol. The van der Waals surface area contributed by atoms with Crippen molar-refractivity contribution in [1.29, 1.82) is 0 Å². The molecule has 0 saturated heterocycles. The summed E-state index contributed by atoms with van der Waals surface area (Å²) in [6.07, 6.45) is -0.286. The van der Waals surface area contributed by atoms with Gasteiger partial charge >= 0.3 is 0 Å². The van der Waals surface area contributed by atoms with Crippen LogP contribution < -0.4 is 5.32 Å². The van der Waals surface area contributed by atoms with Crippen LogP contribution >= 0.6 is 0 Å². The number of hydrogen-bond donors (Lipinski definition) is 2. The van der Waals surface area contributed by atoms with Crippen molar-refractivity contribution in [2.45, 2.75) is 26.0 Å². The zero-order valence-electron chi connectivity index (χ0n) is 8.20. The highest BCUT2D eigenvalue weighted by Crippen LogP contribution is 2.10. The third kappa shape index (κ3) is 3.57. The van der Waals surface area contributed by atoms with Gasteiger partial charge in [0.2, 0.25) is 0 Å². The fourth-order valence-electron chi connectivity index (χ4n) is 1.21. The molecule has 1 aromatic rings. The van der Waals surface area contributed by atoms with E-state index in [1.807, 2.05) is 18.2 Å². The largest absolute Gasteiger partial charge is 0.392 e. The second kappa shape index (κ2) is 5.00. The summed E-state index contributed by atoms with van der Waals surface area (Å²) in [5, 5.41) is 12.3. The standard InChI is InChI=1S/C11H17NO/c1-9(13)8-12-10(2)11-6-4-3-5-7-11/h3-7,9-10,12-13H,8H2,1-2H3/t9-,10?/m0/s1. The van der Waals surface area contributed by atoms with Crippen molar-refractivity contribution in [3.8, 4) is 0 Å². The first-order valence-electron chi connectivity index (χ1n) is 4.66. The molecule has 1 unspecified atom stereocenters. The summed E-state index contributed by atoms with van der Waals surface area (Å²) in [6.45, 7) is 4.51. The van der Waals surface area contributed by atoms with Gasteiger partial charge in [-0.25, -0.2) is 0 Å². The molecule has 0 radical (unpaired) electrons. The molecule has 1 rings (SSSR count). The normalized spacial score (nSPS) is 15.3. The highest BCUT2D eigenvalue weighted by atomic mass is 16.3. The van der Waals surface area contributed by atoms with E-state index in [4.69, 9.17) is 5.11 Å². The molecule has 0 heterocycles. The van der Waals surface area contributed by atoms with E-state index >= 15 is 0 Å². The summed E-state index contributed by atoms with van der Waals surface area (Å²) in [7, 11) is 0. The molecule has 0 spiro atoms. The molecule has 0 saturated carbocycles. The van der Waals surface area contributed by atoms with Gasteiger partial charge in [0.05, 0.1) is 6.10 Å². The summed E-state index contributed by atoms with van der Waals surface area (Å²) < 4.78 is 0. The Morgan fingerprint density at radius 3 is 2.38 bits per heavy atom. The predicted octanol–water partition coefficient (Wildman–Crippen LogP) is 1.72. The number of aliphatic hydroxyl groups excluding tert-OH is 1. The maximum Gasteiger partial charge on any atom is 0.0636 e. The van der Waals surface area contributed by atoms with Gasteiger partial charge in [0, 0.05) is 12.6 Å². The van der Waals surface area contributed by atoms with Crippen LogP contribution in [0.15, 0.2) is 30.3 Å². The lowest BCUT2D eigenvalue weighted by Gasteiger charge is -2.15. The molecule has 2 nitrogen and oxygen atoms in total. The van der Waals surface area contributed by atoms with Crippen molar-refractivity contribution in [3.63, 3.8) is 0 Å². The van der Waals surface area contributed by atoms with Gasteiger partial charge in [0.25, 0.3) is 0 Å². The molecule has 2 heteroatoms. The molecular formula is C11H17NO. The van der Waals surface area contributed by atoms with E-state index in [1.165, 1.54) is 5.56 Å². The average molecular weight is 179 g/mol. The van der Waals surface area contributed by atoms with Gasteiger partial charge in [0.15, 0.2) is 0 Å². The smallest absolute Gasteiger partial charge is 0.0636 e. The van der Waals surface area contributed by atoms with Gasteiger partial charge in [-0.15, -0.1) is 0 Å². The molecule has 0 bridgehead atoms. The summed E-state index contributed by atoms with van der Waals surface area (Å²) in [5.74, 6) is 0. The van der Waals surface area contributed by atoms with Crippen LogP contribution in [0.25, 0.3) is 0 Å². The molecule has 2 atom stereocenters. The van der Waals surface area contributed by atoms with Crippen molar-refractivity contribution < 1.29 is 5.11 Å². The number of rotatable bonds is 4. The Bertz CT molecular complexity index is 233. The summed E-state index contributed by atoms with van der Waals surface area (Å²) >= 11 is 0. The SMILES string of the molecule is CC(NC[C@H](C)O)c1ccccc1. The van der Waals surface area contributed by atoms with Crippen LogP contribution in [0.5, 0.6) is 0 Å². The molecule has 0 aromatic heterocycles. The van der Waals surface area contributed by atoms with E-state index in [0.717, 1.165) is 0 Å². The second-order valence-electron chi connectivity index (χ2n) is 3.39. The fraction of sp³-hybridized carbons (Fsp3) is 0.455. The highest BCUT2D eigenvalue weighted by Gasteiger charge is 2.04. The molecule has 0 amide bonds. The molecule has 0 aliphatic carbocycles. The van der Waals surface area contributed by atoms with E-state index in [2.05, 4.69) is 24.4 Å². The van der Waals surface area contributed by atoms with Crippen LogP contribution in [0, 0.1) is 0 Å². The second-order valence-corrected chi connectivity index (χ2v) is 3.39. The molecule has 2 N–H and O–H groups in total.